The number of rotatable bonds is 8. The maximum Gasteiger partial charge on any atom is 0.309 e. The van der Waals surface area contributed by atoms with Gasteiger partial charge in [0, 0.05) is 32.2 Å². The van der Waals surface area contributed by atoms with Crippen molar-refractivity contribution in [1.29, 1.82) is 0 Å². The molecule has 1 saturated carbocycles. The van der Waals surface area contributed by atoms with Gasteiger partial charge in [-0.1, -0.05) is 19.9 Å². The number of carbonyl (C=O) groups is 1. The van der Waals surface area contributed by atoms with Crippen LogP contribution in [0.15, 0.2) is 23.2 Å². The van der Waals surface area contributed by atoms with Crippen LogP contribution in [0.25, 0.3) is 0 Å². The van der Waals surface area contributed by atoms with Crippen LogP contribution in [0.1, 0.15) is 64.4 Å². The maximum absolute atomic E-state index is 14.6. The molecule has 36 heavy (non-hydrogen) atoms. The number of hydrogen-bond donors (Lipinski definition) is 1. The van der Waals surface area contributed by atoms with E-state index < -0.39 is 0 Å². The van der Waals surface area contributed by atoms with Crippen molar-refractivity contribution in [2.24, 2.45) is 28.7 Å². The van der Waals surface area contributed by atoms with Gasteiger partial charge in [0.15, 0.2) is 0 Å². The SMILES string of the molecule is CC(C)C1N=C(N2CCC([C@H]3C[C@H]3CCOc3ccc(CC(=O)N4CCCCC4)c(F)c3)CC2)ON1. The molecule has 1 N–H and O–H groups in total. The Morgan fingerprint density at radius 2 is 1.97 bits per heavy atom. The van der Waals surface area contributed by atoms with Crippen molar-refractivity contribution in [2.75, 3.05) is 32.8 Å². The van der Waals surface area contributed by atoms with Crippen molar-refractivity contribution >= 4 is 11.9 Å². The van der Waals surface area contributed by atoms with E-state index in [-0.39, 0.29) is 24.3 Å². The number of hydroxylamine groups is 1. The van der Waals surface area contributed by atoms with E-state index >= 15 is 0 Å². The van der Waals surface area contributed by atoms with Crippen molar-refractivity contribution < 1.29 is 18.8 Å². The summed E-state index contributed by atoms with van der Waals surface area (Å²) in [6, 6.07) is 5.69. The molecule has 3 heterocycles. The number of likely N-dealkylation sites (tertiary alicyclic amines) is 2. The number of benzene rings is 1. The number of carbonyl (C=O) groups excluding carboxylic acids is 1. The van der Waals surface area contributed by atoms with Crippen LogP contribution in [0.4, 0.5) is 4.39 Å². The Kier molecular flexibility index (Phi) is 7.99. The van der Waals surface area contributed by atoms with Crippen molar-refractivity contribution in [3.05, 3.63) is 29.6 Å². The molecule has 3 aliphatic heterocycles. The third kappa shape index (κ3) is 6.13. The predicted molar refractivity (Wildman–Crippen MR) is 137 cm³/mol. The Morgan fingerprint density at radius 3 is 2.67 bits per heavy atom. The fourth-order valence-electron chi connectivity index (χ4n) is 5.92. The molecule has 1 aliphatic carbocycles. The molecule has 0 spiro atoms. The molecule has 198 valence electrons. The van der Waals surface area contributed by atoms with Crippen molar-refractivity contribution in [1.82, 2.24) is 15.3 Å². The average molecular weight is 501 g/mol. The second-order valence-electron chi connectivity index (χ2n) is 11.3. The van der Waals surface area contributed by atoms with Crippen LogP contribution in [0, 0.1) is 29.5 Å². The van der Waals surface area contributed by atoms with Crippen LogP contribution < -0.4 is 10.2 Å². The number of nitrogens with zero attached hydrogens (tertiary/aromatic N) is 3. The first-order valence-corrected chi connectivity index (χ1v) is 13.9. The van der Waals surface area contributed by atoms with E-state index in [9.17, 15) is 9.18 Å². The standard InChI is InChI=1S/C28H41FN4O3/c1-19(2)27-30-28(36-31-27)33-13-8-20(9-14-33)24-16-21(24)10-15-35-23-7-6-22(25(29)18-23)17-26(34)32-11-4-3-5-12-32/h6-7,18-21,24,27,31H,3-5,8-17H2,1-2H3/t21-,24-,27?/m1/s1. The van der Waals surface area contributed by atoms with Crippen LogP contribution in [-0.4, -0.2) is 60.7 Å². The van der Waals surface area contributed by atoms with Crippen LogP contribution >= 0.6 is 0 Å². The van der Waals surface area contributed by atoms with Gasteiger partial charge in [-0.3, -0.25) is 4.79 Å². The number of ether oxygens (including phenoxy) is 1. The summed E-state index contributed by atoms with van der Waals surface area (Å²) in [5.74, 6) is 2.89. The lowest BCUT2D eigenvalue weighted by Crippen LogP contribution is -2.40. The normalized spacial score (nSPS) is 26.7. The van der Waals surface area contributed by atoms with Gasteiger partial charge in [0.25, 0.3) is 0 Å². The molecule has 1 aromatic carbocycles. The lowest BCUT2D eigenvalue weighted by molar-refractivity contribution is -0.131. The molecule has 0 radical (unpaired) electrons. The minimum Gasteiger partial charge on any atom is -0.493 e. The van der Waals surface area contributed by atoms with Crippen molar-refractivity contribution in [2.45, 2.75) is 71.4 Å². The van der Waals surface area contributed by atoms with E-state index in [1.165, 1.54) is 31.7 Å². The number of amidine groups is 1. The van der Waals surface area contributed by atoms with Gasteiger partial charge in [-0.2, -0.15) is 0 Å². The molecule has 1 aromatic rings. The Labute approximate surface area is 214 Å². The van der Waals surface area contributed by atoms with E-state index in [2.05, 4.69) is 29.2 Å². The number of nitrogens with one attached hydrogen (secondary N) is 1. The van der Waals surface area contributed by atoms with Gasteiger partial charge in [0.05, 0.1) is 13.0 Å². The van der Waals surface area contributed by atoms with Gasteiger partial charge in [-0.25, -0.2) is 9.38 Å². The summed E-state index contributed by atoms with van der Waals surface area (Å²) < 4.78 is 20.5. The summed E-state index contributed by atoms with van der Waals surface area (Å²) in [6.07, 6.45) is 8.09. The van der Waals surface area contributed by atoms with Gasteiger partial charge in [-0.15, -0.1) is 5.48 Å². The summed E-state index contributed by atoms with van der Waals surface area (Å²) in [5, 5.41) is 0. The number of amides is 1. The summed E-state index contributed by atoms with van der Waals surface area (Å²) >= 11 is 0. The molecular formula is C28H41FN4O3. The number of piperidine rings is 2. The summed E-state index contributed by atoms with van der Waals surface area (Å²) in [7, 11) is 0. The second kappa shape index (κ2) is 11.4. The highest BCUT2D eigenvalue weighted by atomic mass is 19.1. The van der Waals surface area contributed by atoms with E-state index in [0.717, 1.165) is 63.3 Å². The zero-order chi connectivity index (χ0) is 25.1. The highest BCUT2D eigenvalue weighted by Gasteiger charge is 2.43. The van der Waals surface area contributed by atoms with Gasteiger partial charge in [-0.05, 0) is 80.2 Å². The number of halogens is 1. The Bertz CT molecular complexity index is 941. The van der Waals surface area contributed by atoms with Crippen molar-refractivity contribution in [3.8, 4) is 5.75 Å². The highest BCUT2D eigenvalue weighted by molar-refractivity contribution is 5.79. The van der Waals surface area contributed by atoms with E-state index in [1.54, 1.807) is 12.1 Å². The smallest absolute Gasteiger partial charge is 0.309 e. The lowest BCUT2D eigenvalue weighted by Gasteiger charge is -2.32. The molecule has 1 unspecified atom stereocenters. The lowest BCUT2D eigenvalue weighted by atomic mass is 9.90. The summed E-state index contributed by atoms with van der Waals surface area (Å²) in [5.41, 5.74) is 3.48. The molecule has 0 bridgehead atoms. The minimum atomic E-state index is -0.348. The highest BCUT2D eigenvalue weighted by Crippen LogP contribution is 2.49. The van der Waals surface area contributed by atoms with Gasteiger partial charge in [0.1, 0.15) is 17.7 Å². The minimum absolute atomic E-state index is 0.0213. The number of hydrogen-bond acceptors (Lipinski definition) is 6. The van der Waals surface area contributed by atoms with Crippen LogP contribution in [0.2, 0.25) is 0 Å². The van der Waals surface area contributed by atoms with Gasteiger partial charge < -0.3 is 19.4 Å². The fourth-order valence-corrected chi connectivity index (χ4v) is 5.92. The largest absolute Gasteiger partial charge is 0.493 e. The summed E-state index contributed by atoms with van der Waals surface area (Å²) in [6.45, 7) is 8.48. The van der Waals surface area contributed by atoms with Crippen LogP contribution in [-0.2, 0) is 16.1 Å². The molecule has 7 nitrogen and oxygen atoms in total. The van der Waals surface area contributed by atoms with Crippen LogP contribution in [0.5, 0.6) is 5.75 Å². The average Bonchev–Trinajstić information content (AvgIpc) is 3.48. The fraction of sp³-hybridized carbons (Fsp3) is 0.714. The monoisotopic (exact) mass is 500 g/mol. The second-order valence-corrected chi connectivity index (χ2v) is 11.3. The first kappa shape index (κ1) is 25.3. The third-order valence-electron chi connectivity index (χ3n) is 8.38. The van der Waals surface area contributed by atoms with Gasteiger partial charge in [0.2, 0.25) is 5.91 Å². The van der Waals surface area contributed by atoms with Crippen LogP contribution in [0.3, 0.4) is 0 Å². The van der Waals surface area contributed by atoms with E-state index in [4.69, 9.17) is 9.57 Å². The molecule has 3 atom stereocenters. The molecule has 2 saturated heterocycles. The third-order valence-corrected chi connectivity index (χ3v) is 8.38. The molecule has 8 heteroatoms. The molecule has 5 rings (SSSR count). The molecular weight excluding hydrogens is 459 g/mol. The zero-order valence-corrected chi connectivity index (χ0v) is 21.8. The van der Waals surface area contributed by atoms with E-state index in [0.29, 0.717) is 29.8 Å². The molecule has 1 amide bonds. The van der Waals surface area contributed by atoms with Crippen molar-refractivity contribution in [3.63, 3.8) is 0 Å². The first-order chi connectivity index (χ1) is 17.5. The number of aliphatic imine (C=N–C) groups is 1. The predicted octanol–water partition coefficient (Wildman–Crippen LogP) is 4.37. The summed E-state index contributed by atoms with van der Waals surface area (Å²) in [4.78, 5) is 26.9. The van der Waals surface area contributed by atoms with E-state index in [1.807, 2.05) is 4.90 Å². The molecule has 0 aromatic heterocycles. The Balaban J connectivity index is 1.01. The van der Waals surface area contributed by atoms with Gasteiger partial charge >= 0.3 is 6.02 Å². The molecule has 4 aliphatic rings. The first-order valence-electron chi connectivity index (χ1n) is 13.9. The Morgan fingerprint density at radius 1 is 1.19 bits per heavy atom. The topological polar surface area (TPSA) is 66.4 Å². The maximum atomic E-state index is 14.6. The molecule has 3 fully saturated rings. The zero-order valence-electron chi connectivity index (χ0n) is 21.8. The Hall–Kier alpha value is -2.35. The quantitative estimate of drug-likeness (QED) is 0.574.